The molecule has 0 heterocycles. The van der Waals surface area contributed by atoms with Crippen molar-refractivity contribution in [3.8, 4) is 0 Å². The van der Waals surface area contributed by atoms with Gasteiger partial charge < -0.3 is 21.9 Å². The molecule has 0 rings (SSSR count). The number of hydrogen-bond donors (Lipinski definition) is 4. The molecule has 0 bridgehead atoms. The van der Waals surface area contributed by atoms with Gasteiger partial charge in [0.15, 0.2) is 0 Å². The maximum Gasteiger partial charge on any atom is 1.00 e. The van der Waals surface area contributed by atoms with E-state index in [1.54, 1.807) is 0 Å². The Bertz CT molecular complexity index is 25.2. The van der Waals surface area contributed by atoms with Crippen LogP contribution in [0.3, 0.4) is 0 Å². The van der Waals surface area contributed by atoms with Crippen LogP contribution in [0.5, 0.6) is 0 Å². The van der Waals surface area contributed by atoms with Crippen molar-refractivity contribution >= 4 is 0 Å². The summed E-state index contributed by atoms with van der Waals surface area (Å²) in [7, 11) is 0. The van der Waals surface area contributed by atoms with Crippen molar-refractivity contribution in [1.82, 2.24) is 0 Å². The van der Waals surface area contributed by atoms with Gasteiger partial charge in [0.05, 0.1) is 26.4 Å². The maximum atomic E-state index is 7.62. The van der Waals surface area contributed by atoms with Crippen molar-refractivity contribution < 1.29 is 51.4 Å². The van der Waals surface area contributed by atoms with Gasteiger partial charge in [-0.25, -0.2) is 0 Å². The monoisotopic (exact) mass is 148 g/mol. The molecule has 54 valence electrons. The predicted octanol–water partition coefficient (Wildman–Crippen LogP) is -4.94. The van der Waals surface area contributed by atoms with E-state index in [0.717, 1.165) is 0 Å². The molecule has 0 aromatic heterocycles. The minimum absolute atomic E-state index is 0. The third-order valence-corrected chi connectivity index (χ3v) is 0.200. The van der Waals surface area contributed by atoms with Crippen LogP contribution in [0.25, 0.3) is 0 Å². The largest absolute Gasteiger partial charge is 1.00 e. The zero-order chi connectivity index (χ0) is 6.83. The van der Waals surface area contributed by atoms with Gasteiger partial charge >= 0.3 is 29.6 Å². The van der Waals surface area contributed by atoms with Crippen molar-refractivity contribution in [3.05, 3.63) is 0 Å². The van der Waals surface area contributed by atoms with Crippen LogP contribution in [0.1, 0.15) is 1.43 Å². The second kappa shape index (κ2) is 23.2. The van der Waals surface area contributed by atoms with Gasteiger partial charge in [0.2, 0.25) is 0 Å². The first-order valence-corrected chi connectivity index (χ1v) is 2.26. The standard InChI is InChI=1S/2C2H6O2.Na.H/c2*3-1-2-4;;/h2*3-4H,1-2H2;;/q;;+1;-1. The minimum atomic E-state index is -0.125. The molecule has 0 aromatic carbocycles. The molecule has 0 unspecified atom stereocenters. The molecule has 0 radical (unpaired) electrons. The zero-order valence-corrected chi connectivity index (χ0v) is 7.62. The molecule has 0 fully saturated rings. The summed E-state index contributed by atoms with van der Waals surface area (Å²) in [5, 5.41) is 30.5. The van der Waals surface area contributed by atoms with Crippen molar-refractivity contribution in [2.45, 2.75) is 0 Å². The van der Waals surface area contributed by atoms with Crippen LogP contribution < -0.4 is 29.6 Å². The van der Waals surface area contributed by atoms with E-state index in [1.807, 2.05) is 0 Å². The van der Waals surface area contributed by atoms with Crippen molar-refractivity contribution in [3.63, 3.8) is 0 Å². The first-order chi connectivity index (χ1) is 3.83. The van der Waals surface area contributed by atoms with Crippen LogP contribution in [0.15, 0.2) is 0 Å². The Morgan fingerprint density at radius 2 is 0.778 bits per heavy atom. The Morgan fingerprint density at radius 3 is 0.778 bits per heavy atom. The van der Waals surface area contributed by atoms with Gasteiger partial charge in [-0.1, -0.05) is 0 Å². The Balaban J connectivity index is -0.0000000300. The van der Waals surface area contributed by atoms with Gasteiger partial charge in [0, 0.05) is 0 Å². The summed E-state index contributed by atoms with van der Waals surface area (Å²) in [6.45, 7) is -0.500. The average Bonchev–Trinajstić information content (AvgIpc) is 1.88. The van der Waals surface area contributed by atoms with Crippen molar-refractivity contribution in [2.75, 3.05) is 26.4 Å². The first kappa shape index (κ1) is 16.4. The van der Waals surface area contributed by atoms with Gasteiger partial charge in [-0.05, 0) is 0 Å². The SMILES string of the molecule is OCCO.OCCO.[H-].[Na+]. The summed E-state index contributed by atoms with van der Waals surface area (Å²) in [4.78, 5) is 0. The van der Waals surface area contributed by atoms with E-state index in [4.69, 9.17) is 20.4 Å². The number of aliphatic hydroxyl groups is 4. The van der Waals surface area contributed by atoms with E-state index >= 15 is 0 Å². The molecule has 0 atom stereocenters. The van der Waals surface area contributed by atoms with Crippen molar-refractivity contribution in [1.29, 1.82) is 0 Å². The molecule has 0 amide bonds. The minimum Gasteiger partial charge on any atom is -1.00 e. The molecule has 0 spiro atoms. The third kappa shape index (κ3) is 51.3. The maximum absolute atomic E-state index is 7.62. The smallest absolute Gasteiger partial charge is 1.00 e. The van der Waals surface area contributed by atoms with E-state index in [-0.39, 0.29) is 57.4 Å². The van der Waals surface area contributed by atoms with Gasteiger partial charge in [0.1, 0.15) is 0 Å². The summed E-state index contributed by atoms with van der Waals surface area (Å²) in [5.74, 6) is 0. The normalized spacial score (nSPS) is 6.67. The van der Waals surface area contributed by atoms with E-state index in [0.29, 0.717) is 0 Å². The summed E-state index contributed by atoms with van der Waals surface area (Å²) in [6.07, 6.45) is 0. The van der Waals surface area contributed by atoms with E-state index in [9.17, 15) is 0 Å². The fraction of sp³-hybridized carbons (Fsp3) is 1.00. The molecule has 0 aliphatic heterocycles. The molecule has 9 heavy (non-hydrogen) atoms. The summed E-state index contributed by atoms with van der Waals surface area (Å²) < 4.78 is 0. The second-order valence-electron chi connectivity index (χ2n) is 0.894. The van der Waals surface area contributed by atoms with Crippen LogP contribution in [0.4, 0.5) is 0 Å². The molecule has 0 saturated carbocycles. The van der Waals surface area contributed by atoms with Gasteiger partial charge in [0.25, 0.3) is 0 Å². The second-order valence-corrected chi connectivity index (χ2v) is 0.894. The number of aliphatic hydroxyl groups excluding tert-OH is 4. The Hall–Kier alpha value is 0.840. The molecule has 0 aromatic rings. The van der Waals surface area contributed by atoms with Crippen LogP contribution in [-0.4, -0.2) is 46.9 Å². The molecule has 4 N–H and O–H groups in total. The molecule has 5 heteroatoms. The molecule has 0 aliphatic rings. The molecule has 4 nitrogen and oxygen atoms in total. The van der Waals surface area contributed by atoms with E-state index in [2.05, 4.69) is 0 Å². The summed E-state index contributed by atoms with van der Waals surface area (Å²) >= 11 is 0. The topological polar surface area (TPSA) is 80.9 Å². The van der Waals surface area contributed by atoms with Crippen LogP contribution in [-0.2, 0) is 0 Å². The Morgan fingerprint density at radius 1 is 0.667 bits per heavy atom. The van der Waals surface area contributed by atoms with Gasteiger partial charge in [-0.15, -0.1) is 0 Å². The summed E-state index contributed by atoms with van der Waals surface area (Å²) in [6, 6.07) is 0. The van der Waals surface area contributed by atoms with Crippen LogP contribution in [0.2, 0.25) is 0 Å². The van der Waals surface area contributed by atoms with Crippen molar-refractivity contribution in [2.24, 2.45) is 0 Å². The van der Waals surface area contributed by atoms with Gasteiger partial charge in [-0.3, -0.25) is 0 Å². The molecular formula is C4H13NaO4. The number of hydrogen-bond acceptors (Lipinski definition) is 4. The fourth-order valence-electron chi connectivity index (χ4n) is 0. The van der Waals surface area contributed by atoms with E-state index < -0.39 is 0 Å². The van der Waals surface area contributed by atoms with E-state index in [1.165, 1.54) is 0 Å². The molecular weight excluding hydrogens is 135 g/mol. The fourth-order valence-corrected chi connectivity index (χ4v) is 0. The zero-order valence-electron chi connectivity index (χ0n) is 6.62. The molecule has 0 aliphatic carbocycles. The Labute approximate surface area is 77.9 Å². The molecule has 0 saturated heterocycles. The van der Waals surface area contributed by atoms with Crippen LogP contribution >= 0.6 is 0 Å². The van der Waals surface area contributed by atoms with Gasteiger partial charge in [-0.2, -0.15) is 0 Å². The third-order valence-electron chi connectivity index (χ3n) is 0.200. The quantitative estimate of drug-likeness (QED) is 0.296. The van der Waals surface area contributed by atoms with Crippen LogP contribution in [0, 0.1) is 0 Å². The Kier molecular flexibility index (Phi) is 42.4. The average molecular weight is 148 g/mol. The number of rotatable bonds is 2. The first-order valence-electron chi connectivity index (χ1n) is 2.26. The predicted molar refractivity (Wildman–Crippen MR) is 29.5 cm³/mol. The summed E-state index contributed by atoms with van der Waals surface area (Å²) in [5.41, 5.74) is 0.